The molecule has 3 aromatic rings. The fraction of sp³-hybridized carbons (Fsp3) is 0.185. The Morgan fingerprint density at radius 3 is 2.06 bits per heavy atom. The van der Waals surface area contributed by atoms with Crippen LogP contribution >= 0.6 is 0 Å². The van der Waals surface area contributed by atoms with Crippen molar-refractivity contribution in [3.8, 4) is 11.5 Å². The standard InChI is InChI=1S/C27H25NO5/c1-17(2)33-22-15-11-20(12-16-22)28-24(18-7-5-4-6-8-18)23(26(30)27(28)31)25(29)19-9-13-21(32-3)14-10-19/h4-17,24,29H,1-3H3/b25-23+. The highest BCUT2D eigenvalue weighted by molar-refractivity contribution is 6.51. The first-order valence-electron chi connectivity index (χ1n) is 10.7. The van der Waals surface area contributed by atoms with Crippen molar-refractivity contribution in [2.45, 2.75) is 26.0 Å². The summed E-state index contributed by atoms with van der Waals surface area (Å²) in [5.41, 5.74) is 1.72. The molecule has 1 amide bonds. The minimum atomic E-state index is -0.773. The van der Waals surface area contributed by atoms with E-state index in [9.17, 15) is 14.7 Å². The number of carbonyl (C=O) groups is 2. The quantitative estimate of drug-likeness (QED) is 0.326. The van der Waals surface area contributed by atoms with E-state index >= 15 is 0 Å². The normalized spacial score (nSPS) is 17.5. The Morgan fingerprint density at radius 2 is 1.48 bits per heavy atom. The average molecular weight is 443 g/mol. The van der Waals surface area contributed by atoms with Crippen molar-refractivity contribution in [3.05, 3.63) is 95.6 Å². The maximum absolute atomic E-state index is 13.2. The topological polar surface area (TPSA) is 76.1 Å². The maximum atomic E-state index is 13.2. The first kappa shape index (κ1) is 22.1. The van der Waals surface area contributed by atoms with Crippen molar-refractivity contribution < 1.29 is 24.2 Å². The summed E-state index contributed by atoms with van der Waals surface area (Å²) in [7, 11) is 1.55. The molecule has 168 valence electrons. The molecule has 0 saturated carbocycles. The number of rotatable bonds is 6. The molecule has 6 nitrogen and oxygen atoms in total. The number of methoxy groups -OCH3 is 1. The number of nitrogens with zero attached hydrogens (tertiary/aromatic N) is 1. The van der Waals surface area contributed by atoms with Crippen LogP contribution in [0.5, 0.6) is 11.5 Å². The van der Waals surface area contributed by atoms with Gasteiger partial charge in [0.15, 0.2) is 0 Å². The minimum Gasteiger partial charge on any atom is -0.507 e. The molecule has 6 heteroatoms. The molecule has 1 fully saturated rings. The summed E-state index contributed by atoms with van der Waals surface area (Å²) in [6.45, 7) is 3.86. The van der Waals surface area contributed by atoms with E-state index in [1.165, 1.54) is 4.90 Å². The number of benzene rings is 3. The fourth-order valence-electron chi connectivity index (χ4n) is 3.91. The molecule has 0 aliphatic carbocycles. The average Bonchev–Trinajstić information content (AvgIpc) is 3.10. The number of ketones is 1. The van der Waals surface area contributed by atoms with E-state index in [1.807, 2.05) is 44.2 Å². The summed E-state index contributed by atoms with van der Waals surface area (Å²) in [6.07, 6.45) is 0.0129. The highest BCUT2D eigenvalue weighted by atomic mass is 16.5. The summed E-state index contributed by atoms with van der Waals surface area (Å²) < 4.78 is 10.9. The predicted octanol–water partition coefficient (Wildman–Crippen LogP) is 5.11. The van der Waals surface area contributed by atoms with Gasteiger partial charge in [-0.1, -0.05) is 30.3 Å². The van der Waals surface area contributed by atoms with Crippen LogP contribution in [0.4, 0.5) is 5.69 Å². The van der Waals surface area contributed by atoms with Gasteiger partial charge in [0.25, 0.3) is 11.7 Å². The second kappa shape index (κ2) is 9.20. The number of hydrogen-bond donors (Lipinski definition) is 1. The number of amides is 1. The summed E-state index contributed by atoms with van der Waals surface area (Å²) >= 11 is 0. The first-order chi connectivity index (χ1) is 15.9. The minimum absolute atomic E-state index is 0.0129. The van der Waals surface area contributed by atoms with Gasteiger partial charge in [0.1, 0.15) is 17.3 Å². The zero-order chi connectivity index (χ0) is 23.5. The predicted molar refractivity (Wildman–Crippen MR) is 126 cm³/mol. The van der Waals surface area contributed by atoms with Crippen molar-refractivity contribution in [1.82, 2.24) is 0 Å². The highest BCUT2D eigenvalue weighted by Gasteiger charge is 2.46. The maximum Gasteiger partial charge on any atom is 0.300 e. The molecular formula is C27H25NO5. The van der Waals surface area contributed by atoms with Gasteiger partial charge in [-0.05, 0) is 67.9 Å². The molecule has 0 radical (unpaired) electrons. The largest absolute Gasteiger partial charge is 0.507 e. The molecule has 0 aromatic heterocycles. The smallest absolute Gasteiger partial charge is 0.300 e. The van der Waals surface area contributed by atoms with Gasteiger partial charge >= 0.3 is 0 Å². The van der Waals surface area contributed by atoms with Gasteiger partial charge in [-0.15, -0.1) is 0 Å². The SMILES string of the molecule is COc1ccc(/C(O)=C2\C(=O)C(=O)N(c3ccc(OC(C)C)cc3)C2c2ccccc2)cc1. The van der Waals surface area contributed by atoms with Gasteiger partial charge in [-0.3, -0.25) is 14.5 Å². The van der Waals surface area contributed by atoms with Crippen LogP contribution in [0.3, 0.4) is 0 Å². The van der Waals surface area contributed by atoms with Crippen LogP contribution in [0.25, 0.3) is 5.76 Å². The van der Waals surface area contributed by atoms with Crippen LogP contribution in [0, 0.1) is 0 Å². The van der Waals surface area contributed by atoms with Crippen LogP contribution in [-0.2, 0) is 9.59 Å². The zero-order valence-corrected chi connectivity index (χ0v) is 18.7. The van der Waals surface area contributed by atoms with Gasteiger partial charge in [0.2, 0.25) is 0 Å². The Kier molecular flexibility index (Phi) is 6.18. The van der Waals surface area contributed by atoms with Crippen molar-refractivity contribution in [2.24, 2.45) is 0 Å². The second-order valence-corrected chi connectivity index (χ2v) is 7.97. The zero-order valence-electron chi connectivity index (χ0n) is 18.7. The lowest BCUT2D eigenvalue weighted by molar-refractivity contribution is -0.132. The number of hydrogen-bond acceptors (Lipinski definition) is 5. The second-order valence-electron chi connectivity index (χ2n) is 7.97. The molecule has 1 unspecified atom stereocenters. The third-order valence-corrected chi connectivity index (χ3v) is 5.41. The van der Waals surface area contributed by atoms with E-state index in [-0.39, 0.29) is 17.4 Å². The van der Waals surface area contributed by atoms with Crippen molar-refractivity contribution in [1.29, 1.82) is 0 Å². The molecule has 0 bridgehead atoms. The van der Waals surface area contributed by atoms with E-state index in [0.717, 1.165) is 0 Å². The fourth-order valence-corrected chi connectivity index (χ4v) is 3.91. The third-order valence-electron chi connectivity index (χ3n) is 5.41. The summed E-state index contributed by atoms with van der Waals surface area (Å²) in [4.78, 5) is 27.8. The van der Waals surface area contributed by atoms with E-state index in [2.05, 4.69) is 0 Å². The Labute approximate surface area is 192 Å². The molecule has 1 N–H and O–H groups in total. The highest BCUT2D eigenvalue weighted by Crippen LogP contribution is 2.42. The molecule has 1 aliphatic heterocycles. The van der Waals surface area contributed by atoms with Crippen molar-refractivity contribution >= 4 is 23.1 Å². The van der Waals surface area contributed by atoms with Gasteiger partial charge in [-0.25, -0.2) is 0 Å². The van der Waals surface area contributed by atoms with Crippen LogP contribution < -0.4 is 14.4 Å². The van der Waals surface area contributed by atoms with Gasteiger partial charge in [0.05, 0.1) is 24.8 Å². The molecule has 1 saturated heterocycles. The molecule has 1 heterocycles. The lowest BCUT2D eigenvalue weighted by atomic mass is 9.95. The summed E-state index contributed by atoms with van der Waals surface area (Å²) in [5, 5.41) is 11.1. The number of ether oxygens (including phenoxy) is 2. The lowest BCUT2D eigenvalue weighted by Gasteiger charge is -2.25. The van der Waals surface area contributed by atoms with Crippen LogP contribution in [0.2, 0.25) is 0 Å². The van der Waals surface area contributed by atoms with Crippen molar-refractivity contribution in [3.63, 3.8) is 0 Å². The summed E-state index contributed by atoms with van der Waals surface area (Å²) in [6, 6.07) is 22.1. The summed E-state index contributed by atoms with van der Waals surface area (Å²) in [5.74, 6) is -0.376. The number of aliphatic hydroxyl groups excluding tert-OH is 1. The number of aliphatic hydroxyl groups is 1. The van der Waals surface area contributed by atoms with Crippen LogP contribution in [0.15, 0.2) is 84.4 Å². The molecular weight excluding hydrogens is 418 g/mol. The molecule has 33 heavy (non-hydrogen) atoms. The Bertz CT molecular complexity index is 1180. The van der Waals surface area contributed by atoms with Gasteiger partial charge in [0, 0.05) is 11.3 Å². The molecule has 1 aliphatic rings. The van der Waals surface area contributed by atoms with E-state index in [0.29, 0.717) is 28.3 Å². The van der Waals surface area contributed by atoms with Crippen LogP contribution in [-0.4, -0.2) is 30.0 Å². The van der Waals surface area contributed by atoms with E-state index in [1.54, 1.807) is 55.6 Å². The molecule has 3 aromatic carbocycles. The van der Waals surface area contributed by atoms with Crippen LogP contribution in [0.1, 0.15) is 31.0 Å². The Balaban J connectivity index is 1.83. The first-order valence-corrected chi connectivity index (χ1v) is 10.7. The molecule has 1 atom stereocenters. The number of anilines is 1. The Morgan fingerprint density at radius 1 is 0.879 bits per heavy atom. The third kappa shape index (κ3) is 4.32. The monoisotopic (exact) mass is 443 g/mol. The van der Waals surface area contributed by atoms with E-state index < -0.39 is 17.7 Å². The number of Topliss-reactive ketones (excluding diaryl/α,β-unsaturated/α-hetero) is 1. The lowest BCUT2D eigenvalue weighted by Crippen LogP contribution is -2.29. The van der Waals surface area contributed by atoms with Crippen molar-refractivity contribution in [2.75, 3.05) is 12.0 Å². The molecule has 0 spiro atoms. The van der Waals surface area contributed by atoms with Gasteiger partial charge < -0.3 is 14.6 Å². The van der Waals surface area contributed by atoms with E-state index in [4.69, 9.17) is 9.47 Å². The Hall–Kier alpha value is -4.06. The molecule has 4 rings (SSSR count). The number of carbonyl (C=O) groups excluding carboxylic acids is 2. The van der Waals surface area contributed by atoms with Gasteiger partial charge in [-0.2, -0.15) is 0 Å².